The smallest absolute Gasteiger partial charge is 0.306 e. The van der Waals surface area contributed by atoms with Crippen molar-refractivity contribution in [2.75, 3.05) is 6.61 Å². The van der Waals surface area contributed by atoms with Gasteiger partial charge in [-0.1, -0.05) is 28.9 Å². The lowest BCUT2D eigenvalue weighted by molar-refractivity contribution is -0.142. The van der Waals surface area contributed by atoms with Gasteiger partial charge in [-0.15, -0.1) is 11.3 Å². The van der Waals surface area contributed by atoms with Crippen LogP contribution in [-0.2, 0) is 16.0 Å². The molecule has 0 saturated heterocycles. The number of aryl methyl sites for hydroxylation is 3. The molecule has 2 heterocycles. The molecular weight excluding hydrogens is 352 g/mol. The van der Waals surface area contributed by atoms with E-state index in [4.69, 9.17) is 9.26 Å². The van der Waals surface area contributed by atoms with Gasteiger partial charge < -0.3 is 9.26 Å². The molecule has 0 spiro atoms. The molecule has 2 aromatic heterocycles. The fourth-order valence-corrected chi connectivity index (χ4v) is 3.05. The van der Waals surface area contributed by atoms with Crippen LogP contribution in [0.2, 0.25) is 0 Å². The van der Waals surface area contributed by atoms with E-state index >= 15 is 0 Å². The van der Waals surface area contributed by atoms with Crippen molar-refractivity contribution in [1.29, 1.82) is 0 Å². The molecule has 1 aromatic carbocycles. The number of aromatic nitrogens is 2. The Labute approximate surface area is 154 Å². The lowest BCUT2D eigenvalue weighted by Gasteiger charge is -2.07. The van der Waals surface area contributed by atoms with Crippen LogP contribution in [0.15, 0.2) is 40.2 Å². The summed E-state index contributed by atoms with van der Waals surface area (Å²) in [5.74, 6) is 0.191. The predicted molar refractivity (Wildman–Crippen MR) is 97.1 cm³/mol. The quantitative estimate of drug-likeness (QED) is 0.465. The van der Waals surface area contributed by atoms with Crippen molar-refractivity contribution in [2.45, 2.75) is 26.7 Å². The zero-order valence-corrected chi connectivity index (χ0v) is 15.3. The molecule has 0 bridgehead atoms. The van der Waals surface area contributed by atoms with Crippen LogP contribution in [0, 0.1) is 13.8 Å². The Balaban J connectivity index is 1.49. The van der Waals surface area contributed by atoms with Crippen molar-refractivity contribution in [3.8, 4) is 10.7 Å². The number of benzene rings is 1. The minimum Gasteiger partial charge on any atom is -0.457 e. The molecule has 0 saturated carbocycles. The summed E-state index contributed by atoms with van der Waals surface area (Å²) in [6, 6.07) is 9.42. The van der Waals surface area contributed by atoms with E-state index in [1.54, 1.807) is 6.07 Å². The van der Waals surface area contributed by atoms with Gasteiger partial charge in [0.2, 0.25) is 17.5 Å². The second kappa shape index (κ2) is 8.05. The topological polar surface area (TPSA) is 82.3 Å². The Hall–Kier alpha value is -2.80. The van der Waals surface area contributed by atoms with E-state index in [9.17, 15) is 9.59 Å². The molecule has 0 radical (unpaired) electrons. The van der Waals surface area contributed by atoms with Gasteiger partial charge in [-0.25, -0.2) is 0 Å². The molecule has 0 N–H and O–H groups in total. The van der Waals surface area contributed by atoms with Crippen molar-refractivity contribution in [3.05, 3.63) is 58.3 Å². The highest BCUT2D eigenvalue weighted by Crippen LogP contribution is 2.21. The lowest BCUT2D eigenvalue weighted by Crippen LogP contribution is -2.15. The molecule has 3 rings (SSSR count). The number of nitrogens with zero attached hydrogens (tertiary/aromatic N) is 2. The number of carbonyl (C=O) groups is 2. The van der Waals surface area contributed by atoms with Crippen LogP contribution < -0.4 is 0 Å². The summed E-state index contributed by atoms with van der Waals surface area (Å²) in [5, 5.41) is 5.81. The predicted octanol–water partition coefficient (Wildman–Crippen LogP) is 3.77. The summed E-state index contributed by atoms with van der Waals surface area (Å²) < 4.78 is 10.2. The standard InChI is InChI=1S/C19H18N2O4S/c1-12-5-6-13(2)14(10-12)15(22)11-24-18(23)8-7-17-20-19(21-25-17)16-4-3-9-26-16/h3-6,9-10H,7-8,11H2,1-2H3. The van der Waals surface area contributed by atoms with Crippen molar-refractivity contribution in [2.24, 2.45) is 0 Å². The molecule has 0 aliphatic heterocycles. The Bertz CT molecular complexity index is 916. The highest BCUT2D eigenvalue weighted by atomic mass is 32.1. The number of carbonyl (C=O) groups excluding carboxylic acids is 2. The molecule has 134 valence electrons. The first-order valence-corrected chi connectivity index (χ1v) is 9.03. The summed E-state index contributed by atoms with van der Waals surface area (Å²) in [6.07, 6.45) is 0.348. The van der Waals surface area contributed by atoms with E-state index in [0.717, 1.165) is 16.0 Å². The van der Waals surface area contributed by atoms with Gasteiger partial charge in [0.05, 0.1) is 11.3 Å². The summed E-state index contributed by atoms with van der Waals surface area (Å²) in [6.45, 7) is 3.50. The monoisotopic (exact) mass is 370 g/mol. The first-order chi connectivity index (χ1) is 12.5. The average molecular weight is 370 g/mol. The van der Waals surface area contributed by atoms with Crippen molar-refractivity contribution in [1.82, 2.24) is 10.1 Å². The fraction of sp³-hybridized carbons (Fsp3) is 0.263. The summed E-state index contributed by atoms with van der Waals surface area (Å²) in [5.41, 5.74) is 2.43. The third-order valence-corrected chi connectivity index (χ3v) is 4.68. The minimum absolute atomic E-state index is 0.0755. The molecular formula is C19H18N2O4S. The Morgan fingerprint density at radius 2 is 2.08 bits per heavy atom. The number of thiophene rings is 1. The van der Waals surface area contributed by atoms with E-state index in [1.165, 1.54) is 11.3 Å². The first kappa shape index (κ1) is 18.0. The van der Waals surface area contributed by atoms with Gasteiger partial charge in [-0.05, 0) is 36.9 Å². The number of Topliss-reactive ketones (excluding diaryl/α,β-unsaturated/α-hetero) is 1. The maximum absolute atomic E-state index is 12.2. The molecule has 0 amide bonds. The van der Waals surface area contributed by atoms with Gasteiger partial charge in [0.25, 0.3) is 0 Å². The maximum atomic E-state index is 12.2. The second-order valence-electron chi connectivity index (χ2n) is 5.89. The van der Waals surface area contributed by atoms with Gasteiger partial charge in [0.15, 0.2) is 6.61 Å². The SMILES string of the molecule is Cc1ccc(C)c(C(=O)COC(=O)CCc2nc(-c3cccs3)no2)c1. The maximum Gasteiger partial charge on any atom is 0.306 e. The molecule has 0 aliphatic carbocycles. The molecule has 3 aromatic rings. The average Bonchev–Trinajstić information content (AvgIpc) is 3.31. The number of ether oxygens (including phenoxy) is 1. The molecule has 0 fully saturated rings. The van der Waals surface area contributed by atoms with Gasteiger partial charge in [-0.3, -0.25) is 9.59 Å². The largest absolute Gasteiger partial charge is 0.457 e. The van der Waals surface area contributed by atoms with E-state index in [2.05, 4.69) is 10.1 Å². The molecule has 26 heavy (non-hydrogen) atoms. The van der Waals surface area contributed by atoms with E-state index in [-0.39, 0.29) is 25.2 Å². The van der Waals surface area contributed by atoms with Crippen molar-refractivity contribution < 1.29 is 18.8 Å². The zero-order valence-electron chi connectivity index (χ0n) is 14.5. The van der Waals surface area contributed by atoms with Crippen LogP contribution in [0.25, 0.3) is 10.7 Å². The number of hydrogen-bond acceptors (Lipinski definition) is 7. The number of ketones is 1. The van der Waals surface area contributed by atoms with E-state index < -0.39 is 5.97 Å². The molecule has 6 nitrogen and oxygen atoms in total. The fourth-order valence-electron chi connectivity index (χ4n) is 2.40. The first-order valence-electron chi connectivity index (χ1n) is 8.15. The van der Waals surface area contributed by atoms with Gasteiger partial charge >= 0.3 is 5.97 Å². The number of rotatable bonds is 7. The molecule has 0 atom stereocenters. The van der Waals surface area contributed by atoms with Crippen LogP contribution in [0.4, 0.5) is 0 Å². The Morgan fingerprint density at radius 3 is 2.85 bits per heavy atom. The lowest BCUT2D eigenvalue weighted by atomic mass is 10.0. The molecule has 0 unspecified atom stereocenters. The normalized spacial score (nSPS) is 10.7. The Kier molecular flexibility index (Phi) is 5.58. The second-order valence-corrected chi connectivity index (χ2v) is 6.84. The van der Waals surface area contributed by atoms with E-state index in [0.29, 0.717) is 17.3 Å². The van der Waals surface area contributed by atoms with Crippen LogP contribution in [-0.4, -0.2) is 28.5 Å². The minimum atomic E-state index is -0.473. The van der Waals surface area contributed by atoms with Crippen LogP contribution in [0.5, 0.6) is 0 Å². The van der Waals surface area contributed by atoms with Crippen LogP contribution in [0.3, 0.4) is 0 Å². The zero-order chi connectivity index (χ0) is 18.5. The van der Waals surface area contributed by atoms with Crippen molar-refractivity contribution >= 4 is 23.1 Å². The third-order valence-electron chi connectivity index (χ3n) is 3.81. The van der Waals surface area contributed by atoms with Crippen LogP contribution in [0.1, 0.15) is 33.8 Å². The molecule has 7 heteroatoms. The van der Waals surface area contributed by atoms with Crippen molar-refractivity contribution in [3.63, 3.8) is 0 Å². The summed E-state index contributed by atoms with van der Waals surface area (Å²) in [7, 11) is 0. The highest BCUT2D eigenvalue weighted by molar-refractivity contribution is 7.13. The molecule has 0 aliphatic rings. The van der Waals surface area contributed by atoms with Gasteiger partial charge in [0.1, 0.15) is 0 Å². The van der Waals surface area contributed by atoms with Gasteiger partial charge in [0, 0.05) is 12.0 Å². The summed E-state index contributed by atoms with van der Waals surface area (Å²) >= 11 is 1.51. The summed E-state index contributed by atoms with van der Waals surface area (Å²) in [4.78, 5) is 29.2. The number of hydrogen-bond donors (Lipinski definition) is 0. The highest BCUT2D eigenvalue weighted by Gasteiger charge is 2.15. The number of esters is 1. The Morgan fingerprint density at radius 1 is 1.23 bits per heavy atom. The van der Waals surface area contributed by atoms with Gasteiger partial charge in [-0.2, -0.15) is 4.98 Å². The van der Waals surface area contributed by atoms with Crippen LogP contribution >= 0.6 is 11.3 Å². The van der Waals surface area contributed by atoms with E-state index in [1.807, 2.05) is 43.5 Å². The third kappa shape index (κ3) is 4.43.